The predicted molar refractivity (Wildman–Crippen MR) is 76.2 cm³/mol. The quantitative estimate of drug-likeness (QED) is 0.865. The molecule has 2 aromatic rings. The molecular weight excluding hydrogens is 280 g/mol. The molecule has 1 aliphatic carbocycles. The van der Waals surface area contributed by atoms with Crippen LogP contribution in [0.1, 0.15) is 17.9 Å². The number of benzene rings is 2. The molecule has 1 saturated carbocycles. The van der Waals surface area contributed by atoms with Gasteiger partial charge in [-0.25, -0.2) is 8.42 Å². The predicted octanol–water partition coefficient (Wildman–Crippen LogP) is 3.67. The zero-order chi connectivity index (χ0) is 13.5. The van der Waals surface area contributed by atoms with Crippen LogP contribution in [0.4, 0.5) is 0 Å². The van der Waals surface area contributed by atoms with E-state index in [1.54, 1.807) is 36.4 Å². The summed E-state index contributed by atoms with van der Waals surface area (Å²) in [5.41, 5.74) is 1.05. The van der Waals surface area contributed by atoms with Crippen molar-refractivity contribution in [1.82, 2.24) is 0 Å². The van der Waals surface area contributed by atoms with Crippen LogP contribution in [0.25, 0.3) is 0 Å². The molecule has 2 aromatic carbocycles. The lowest BCUT2D eigenvalue weighted by atomic mass is 10.1. The average Bonchev–Trinajstić information content (AvgIpc) is 3.22. The second kappa shape index (κ2) is 4.66. The van der Waals surface area contributed by atoms with Crippen LogP contribution in [-0.2, 0) is 9.84 Å². The minimum absolute atomic E-state index is 0.0995. The normalized spacial score (nSPS) is 22.2. The van der Waals surface area contributed by atoms with Gasteiger partial charge in [-0.1, -0.05) is 41.9 Å². The summed E-state index contributed by atoms with van der Waals surface area (Å²) in [6, 6.07) is 16.1. The Morgan fingerprint density at radius 2 is 1.58 bits per heavy atom. The smallest absolute Gasteiger partial charge is 0.181 e. The third-order valence-electron chi connectivity index (χ3n) is 3.50. The first-order chi connectivity index (χ1) is 9.09. The summed E-state index contributed by atoms with van der Waals surface area (Å²) in [4.78, 5) is 0.413. The highest BCUT2D eigenvalue weighted by molar-refractivity contribution is 7.92. The highest BCUT2D eigenvalue weighted by Crippen LogP contribution is 2.48. The molecule has 2 nitrogen and oxygen atoms in total. The fourth-order valence-corrected chi connectivity index (χ4v) is 4.42. The highest BCUT2D eigenvalue weighted by Gasteiger charge is 2.48. The van der Waals surface area contributed by atoms with Crippen molar-refractivity contribution >= 4 is 21.4 Å². The van der Waals surface area contributed by atoms with Crippen LogP contribution in [0.3, 0.4) is 0 Å². The van der Waals surface area contributed by atoms with Crippen molar-refractivity contribution in [3.05, 3.63) is 65.2 Å². The van der Waals surface area contributed by atoms with E-state index in [9.17, 15) is 8.42 Å². The average molecular weight is 293 g/mol. The van der Waals surface area contributed by atoms with Gasteiger partial charge in [0.05, 0.1) is 10.1 Å². The molecule has 2 unspecified atom stereocenters. The van der Waals surface area contributed by atoms with Gasteiger partial charge in [-0.15, -0.1) is 0 Å². The van der Waals surface area contributed by atoms with E-state index < -0.39 is 9.84 Å². The van der Waals surface area contributed by atoms with Crippen LogP contribution in [-0.4, -0.2) is 13.7 Å². The molecule has 0 saturated heterocycles. The lowest BCUT2D eigenvalue weighted by molar-refractivity contribution is 0.594. The topological polar surface area (TPSA) is 34.1 Å². The number of sulfone groups is 1. The molecule has 3 rings (SSSR count). The summed E-state index contributed by atoms with van der Waals surface area (Å²) in [5, 5.41) is 0.378. The van der Waals surface area contributed by atoms with E-state index in [0.717, 1.165) is 5.56 Å². The summed E-state index contributed by atoms with van der Waals surface area (Å²) in [7, 11) is -3.21. The second-order valence-corrected chi connectivity index (χ2v) is 7.39. The van der Waals surface area contributed by atoms with Gasteiger partial charge in [0.15, 0.2) is 9.84 Å². The molecule has 0 heterocycles. The molecule has 0 amide bonds. The van der Waals surface area contributed by atoms with Gasteiger partial charge in [-0.05, 0) is 36.2 Å². The maximum Gasteiger partial charge on any atom is 0.181 e. The minimum Gasteiger partial charge on any atom is -0.223 e. The highest BCUT2D eigenvalue weighted by atomic mass is 35.5. The van der Waals surface area contributed by atoms with Gasteiger partial charge in [-0.3, -0.25) is 0 Å². The van der Waals surface area contributed by atoms with Crippen LogP contribution in [0.15, 0.2) is 59.5 Å². The molecule has 0 bridgehead atoms. The van der Waals surface area contributed by atoms with Crippen LogP contribution in [0, 0.1) is 0 Å². The van der Waals surface area contributed by atoms with Gasteiger partial charge >= 0.3 is 0 Å². The van der Waals surface area contributed by atoms with Crippen LogP contribution in [0.5, 0.6) is 0 Å². The Kier molecular flexibility index (Phi) is 3.11. The van der Waals surface area contributed by atoms with E-state index in [2.05, 4.69) is 0 Å². The van der Waals surface area contributed by atoms with E-state index in [1.807, 2.05) is 18.2 Å². The minimum atomic E-state index is -3.21. The van der Waals surface area contributed by atoms with Crippen LogP contribution >= 0.6 is 11.6 Å². The maximum atomic E-state index is 12.4. The van der Waals surface area contributed by atoms with Crippen molar-refractivity contribution in [2.45, 2.75) is 22.5 Å². The Morgan fingerprint density at radius 3 is 2.21 bits per heavy atom. The zero-order valence-electron chi connectivity index (χ0n) is 10.2. The zero-order valence-corrected chi connectivity index (χ0v) is 11.7. The molecule has 0 spiro atoms. The van der Waals surface area contributed by atoms with E-state index in [0.29, 0.717) is 16.3 Å². The van der Waals surface area contributed by atoms with Crippen molar-refractivity contribution in [3.63, 3.8) is 0 Å². The van der Waals surface area contributed by atoms with E-state index in [-0.39, 0.29) is 11.2 Å². The molecule has 1 fully saturated rings. The Labute approximate surface area is 118 Å². The van der Waals surface area contributed by atoms with Crippen molar-refractivity contribution in [3.8, 4) is 0 Å². The molecule has 0 N–H and O–H groups in total. The number of rotatable bonds is 3. The maximum absolute atomic E-state index is 12.4. The molecule has 0 aliphatic heterocycles. The van der Waals surface area contributed by atoms with Gasteiger partial charge in [0.25, 0.3) is 0 Å². The largest absolute Gasteiger partial charge is 0.223 e. The number of halogens is 1. The van der Waals surface area contributed by atoms with Gasteiger partial charge in [0, 0.05) is 10.9 Å². The lowest BCUT2D eigenvalue weighted by Gasteiger charge is -2.04. The second-order valence-electron chi connectivity index (χ2n) is 4.79. The Balaban J connectivity index is 1.85. The summed E-state index contributed by atoms with van der Waals surface area (Å²) in [6.07, 6.45) is 0.693. The van der Waals surface area contributed by atoms with Gasteiger partial charge in [0.1, 0.15) is 0 Å². The van der Waals surface area contributed by atoms with Gasteiger partial charge < -0.3 is 0 Å². The van der Waals surface area contributed by atoms with Crippen molar-refractivity contribution in [2.24, 2.45) is 0 Å². The Morgan fingerprint density at radius 1 is 0.947 bits per heavy atom. The summed E-state index contributed by atoms with van der Waals surface area (Å²) >= 11 is 5.84. The first-order valence-corrected chi connectivity index (χ1v) is 8.06. The van der Waals surface area contributed by atoms with E-state index in [4.69, 9.17) is 11.6 Å². The SMILES string of the molecule is O=S(=O)(c1ccccc1)C1CC1c1ccc(Cl)cc1. The molecule has 1 aliphatic rings. The lowest BCUT2D eigenvalue weighted by Crippen LogP contribution is -2.08. The van der Waals surface area contributed by atoms with Crippen LogP contribution < -0.4 is 0 Å². The molecule has 19 heavy (non-hydrogen) atoms. The van der Waals surface area contributed by atoms with E-state index in [1.165, 1.54) is 0 Å². The van der Waals surface area contributed by atoms with Crippen LogP contribution in [0.2, 0.25) is 5.02 Å². The first-order valence-electron chi connectivity index (χ1n) is 6.13. The first kappa shape index (κ1) is 12.7. The molecule has 0 aromatic heterocycles. The summed E-state index contributed by atoms with van der Waals surface area (Å²) < 4.78 is 24.8. The molecule has 4 heteroatoms. The number of hydrogen-bond acceptors (Lipinski definition) is 2. The van der Waals surface area contributed by atoms with E-state index >= 15 is 0 Å². The number of hydrogen-bond donors (Lipinski definition) is 0. The molecule has 98 valence electrons. The molecule has 0 radical (unpaired) electrons. The fraction of sp³-hybridized carbons (Fsp3) is 0.200. The third kappa shape index (κ3) is 2.40. The fourth-order valence-electron chi connectivity index (χ4n) is 2.36. The third-order valence-corrected chi connectivity index (χ3v) is 6.00. The van der Waals surface area contributed by atoms with Crippen molar-refractivity contribution < 1.29 is 8.42 Å². The standard InChI is InChI=1S/C15H13ClO2S/c16-12-8-6-11(7-9-12)14-10-15(14)19(17,18)13-4-2-1-3-5-13/h1-9,14-15H,10H2. The molecular formula is C15H13ClO2S. The van der Waals surface area contributed by atoms with Crippen molar-refractivity contribution in [2.75, 3.05) is 0 Å². The Hall–Kier alpha value is -1.32. The van der Waals surface area contributed by atoms with Gasteiger partial charge in [-0.2, -0.15) is 0 Å². The Bertz CT molecular complexity index is 678. The monoisotopic (exact) mass is 292 g/mol. The van der Waals surface area contributed by atoms with Gasteiger partial charge in [0.2, 0.25) is 0 Å². The molecule has 2 atom stereocenters. The van der Waals surface area contributed by atoms with Crippen molar-refractivity contribution in [1.29, 1.82) is 0 Å². The summed E-state index contributed by atoms with van der Waals surface area (Å²) in [5.74, 6) is 0.0995. The summed E-state index contributed by atoms with van der Waals surface area (Å²) in [6.45, 7) is 0.